The van der Waals surface area contributed by atoms with Crippen molar-refractivity contribution in [3.63, 3.8) is 0 Å². The molecule has 0 saturated heterocycles. The van der Waals surface area contributed by atoms with Gasteiger partial charge in [0.1, 0.15) is 0 Å². The number of halogens is 2. The van der Waals surface area contributed by atoms with Gasteiger partial charge in [-0.15, -0.1) is 0 Å². The number of rotatable bonds is 5. The molecule has 34 heavy (non-hydrogen) atoms. The number of aryl methyl sites for hydroxylation is 2. The predicted octanol–water partition coefficient (Wildman–Crippen LogP) is 5.71. The van der Waals surface area contributed by atoms with Gasteiger partial charge in [0.05, 0.1) is 0 Å². The van der Waals surface area contributed by atoms with Crippen LogP contribution in [0.3, 0.4) is 0 Å². The Morgan fingerprint density at radius 3 is 2.53 bits per heavy atom. The van der Waals surface area contributed by atoms with Crippen LogP contribution in [0.1, 0.15) is 17.0 Å². The largest absolute Gasteiger partial charge is 0.361 e. The highest BCUT2D eigenvalue weighted by Crippen LogP contribution is 2.22. The van der Waals surface area contributed by atoms with Crippen molar-refractivity contribution in [2.24, 2.45) is 4.99 Å². The van der Waals surface area contributed by atoms with Crippen LogP contribution in [0.25, 0.3) is 10.9 Å². The number of carbonyl (C=O) groups excluding carboxylic acids is 1. The Morgan fingerprint density at radius 2 is 1.76 bits per heavy atom. The van der Waals surface area contributed by atoms with Gasteiger partial charge in [0, 0.05) is 50.8 Å². The molecule has 10 heteroatoms. The number of nitrogens with one attached hydrogen (secondary N) is 4. The summed E-state index contributed by atoms with van der Waals surface area (Å²) in [6.07, 6.45) is 2.58. The molecule has 2 amide bonds. The maximum absolute atomic E-state index is 12.6. The lowest BCUT2D eigenvalue weighted by Crippen LogP contribution is -2.39. The Morgan fingerprint density at radius 1 is 1.00 bits per heavy atom. The average Bonchev–Trinajstić information content (AvgIpc) is 3.15. The van der Waals surface area contributed by atoms with Gasteiger partial charge in [-0.2, -0.15) is 0 Å². The molecule has 0 bridgehead atoms. The zero-order valence-corrected chi connectivity index (χ0v) is 20.1. The molecule has 0 fully saturated rings. The van der Waals surface area contributed by atoms with E-state index in [0.717, 1.165) is 27.9 Å². The summed E-state index contributed by atoms with van der Waals surface area (Å²) in [4.78, 5) is 29.2. The minimum absolute atomic E-state index is 0.224. The van der Waals surface area contributed by atoms with Crippen molar-refractivity contribution >= 4 is 57.7 Å². The predicted molar refractivity (Wildman–Crippen MR) is 138 cm³/mol. The Bertz CT molecular complexity index is 1350. The van der Waals surface area contributed by atoms with Gasteiger partial charge in [-0.3, -0.25) is 15.6 Å². The zero-order chi connectivity index (χ0) is 24.1. The molecule has 0 unspecified atom stereocenters. The van der Waals surface area contributed by atoms with Gasteiger partial charge in [0.25, 0.3) is 0 Å². The first kappa shape index (κ1) is 23.5. The molecular weight excluding hydrogens is 473 g/mol. The molecule has 2 aromatic heterocycles. The number of aliphatic imine (C=N–C) groups is 1. The lowest BCUT2D eigenvalue weighted by molar-refractivity contribution is 0.256. The average molecular weight is 496 g/mol. The van der Waals surface area contributed by atoms with Crippen LogP contribution < -0.4 is 16.0 Å². The quantitative estimate of drug-likeness (QED) is 0.210. The third-order valence-electron chi connectivity index (χ3n) is 4.91. The van der Waals surface area contributed by atoms with E-state index in [2.05, 4.69) is 35.9 Å². The Balaban J connectivity index is 1.51. The molecule has 8 nitrogen and oxygen atoms in total. The molecule has 4 aromatic rings. The monoisotopic (exact) mass is 495 g/mol. The second-order valence-electron chi connectivity index (χ2n) is 7.67. The van der Waals surface area contributed by atoms with Gasteiger partial charge in [-0.25, -0.2) is 14.8 Å². The molecule has 0 aliphatic heterocycles. The standard InChI is InChI=1S/C24H23Cl2N7O/c1-14-10-15(2)30-23(29-14)32-22(33-24(34)31-19-5-3-4-17(25)11-19)27-9-8-16-13-28-21-7-6-18(26)12-20(16)21/h3-7,10-13,28H,8-9H2,1-2H3,(H3,27,29,30,31,32,33,34). The molecule has 0 radical (unpaired) electrons. The van der Waals surface area contributed by atoms with Crippen LogP contribution in [-0.4, -0.2) is 33.5 Å². The smallest absolute Gasteiger partial charge is 0.326 e. The summed E-state index contributed by atoms with van der Waals surface area (Å²) in [5, 5.41) is 10.7. The van der Waals surface area contributed by atoms with Crippen LogP contribution in [0.5, 0.6) is 0 Å². The van der Waals surface area contributed by atoms with Gasteiger partial charge in [-0.1, -0.05) is 29.3 Å². The number of urea groups is 1. The van der Waals surface area contributed by atoms with E-state index < -0.39 is 6.03 Å². The highest BCUT2D eigenvalue weighted by Gasteiger charge is 2.10. The van der Waals surface area contributed by atoms with Gasteiger partial charge in [0.2, 0.25) is 11.9 Å². The highest BCUT2D eigenvalue weighted by atomic mass is 35.5. The Hall–Kier alpha value is -3.62. The number of aromatic amines is 1. The number of guanidine groups is 1. The summed E-state index contributed by atoms with van der Waals surface area (Å²) in [5.41, 5.74) is 4.24. The Kier molecular flexibility index (Phi) is 7.30. The molecule has 0 aliphatic carbocycles. The lowest BCUT2D eigenvalue weighted by Gasteiger charge is -2.12. The lowest BCUT2D eigenvalue weighted by atomic mass is 10.1. The number of aromatic nitrogens is 3. The normalized spacial score (nSPS) is 11.5. The third-order valence-corrected chi connectivity index (χ3v) is 5.38. The zero-order valence-electron chi connectivity index (χ0n) is 18.6. The minimum atomic E-state index is -0.475. The molecule has 2 aromatic carbocycles. The third kappa shape index (κ3) is 6.24. The Labute approximate surface area is 206 Å². The molecule has 2 heterocycles. The molecular formula is C24H23Cl2N7O. The van der Waals surface area contributed by atoms with Gasteiger partial charge in [0.15, 0.2) is 0 Å². The minimum Gasteiger partial charge on any atom is -0.361 e. The number of amides is 2. The van der Waals surface area contributed by atoms with Crippen LogP contribution in [0.15, 0.2) is 59.7 Å². The molecule has 174 valence electrons. The fraction of sp³-hybridized carbons (Fsp3) is 0.167. The summed E-state index contributed by atoms with van der Waals surface area (Å²) in [6, 6.07) is 14.0. The number of anilines is 2. The summed E-state index contributed by atoms with van der Waals surface area (Å²) in [6.45, 7) is 4.15. The van der Waals surface area contributed by atoms with Crippen molar-refractivity contribution in [2.75, 3.05) is 17.2 Å². The van der Waals surface area contributed by atoms with E-state index in [4.69, 9.17) is 23.2 Å². The van der Waals surface area contributed by atoms with Crippen molar-refractivity contribution in [1.82, 2.24) is 20.3 Å². The van der Waals surface area contributed by atoms with Crippen LogP contribution in [0.2, 0.25) is 10.0 Å². The molecule has 0 saturated carbocycles. The molecule has 0 aliphatic rings. The second-order valence-corrected chi connectivity index (χ2v) is 8.55. The van der Waals surface area contributed by atoms with E-state index in [1.54, 1.807) is 24.3 Å². The first-order chi connectivity index (χ1) is 16.4. The SMILES string of the molecule is Cc1cc(C)nc(NC(=NCCc2c[nH]c3ccc(Cl)cc23)NC(=O)Nc2cccc(Cl)c2)n1. The van der Waals surface area contributed by atoms with E-state index in [9.17, 15) is 4.79 Å². The number of fused-ring (bicyclic) bond motifs is 1. The first-order valence-electron chi connectivity index (χ1n) is 10.6. The fourth-order valence-corrected chi connectivity index (χ4v) is 3.84. The van der Waals surface area contributed by atoms with Crippen LogP contribution in [0, 0.1) is 13.8 Å². The number of hydrogen-bond donors (Lipinski definition) is 4. The first-order valence-corrected chi connectivity index (χ1v) is 11.3. The van der Waals surface area contributed by atoms with Crippen molar-refractivity contribution in [3.8, 4) is 0 Å². The highest BCUT2D eigenvalue weighted by molar-refractivity contribution is 6.31. The van der Waals surface area contributed by atoms with Gasteiger partial charge >= 0.3 is 6.03 Å². The second kappa shape index (κ2) is 10.5. The van der Waals surface area contributed by atoms with E-state index in [1.807, 2.05) is 44.3 Å². The topological polar surface area (TPSA) is 107 Å². The van der Waals surface area contributed by atoms with Crippen LogP contribution in [0.4, 0.5) is 16.4 Å². The molecule has 0 atom stereocenters. The number of carbonyl (C=O) groups is 1. The van der Waals surface area contributed by atoms with E-state index in [1.165, 1.54) is 0 Å². The fourth-order valence-electron chi connectivity index (χ4n) is 3.48. The van der Waals surface area contributed by atoms with Crippen molar-refractivity contribution in [2.45, 2.75) is 20.3 Å². The summed E-state index contributed by atoms with van der Waals surface area (Å²) < 4.78 is 0. The number of benzene rings is 2. The van der Waals surface area contributed by atoms with Crippen molar-refractivity contribution in [1.29, 1.82) is 0 Å². The number of hydrogen-bond acceptors (Lipinski definition) is 4. The maximum Gasteiger partial charge on any atom is 0.326 e. The number of nitrogens with zero attached hydrogens (tertiary/aromatic N) is 3. The van der Waals surface area contributed by atoms with E-state index >= 15 is 0 Å². The van der Waals surface area contributed by atoms with Gasteiger partial charge in [-0.05, 0) is 68.3 Å². The maximum atomic E-state index is 12.6. The van der Waals surface area contributed by atoms with Gasteiger partial charge < -0.3 is 10.3 Å². The van der Waals surface area contributed by atoms with Crippen LogP contribution in [-0.2, 0) is 6.42 Å². The van der Waals surface area contributed by atoms with E-state index in [0.29, 0.717) is 34.6 Å². The molecule has 4 N–H and O–H groups in total. The van der Waals surface area contributed by atoms with Crippen molar-refractivity contribution < 1.29 is 4.79 Å². The molecule has 4 rings (SSSR count). The summed E-state index contributed by atoms with van der Waals surface area (Å²) >= 11 is 12.2. The summed E-state index contributed by atoms with van der Waals surface area (Å²) in [7, 11) is 0. The van der Waals surface area contributed by atoms with E-state index in [-0.39, 0.29) is 5.96 Å². The van der Waals surface area contributed by atoms with Crippen LogP contribution >= 0.6 is 23.2 Å². The van der Waals surface area contributed by atoms with Crippen molar-refractivity contribution in [3.05, 3.63) is 81.7 Å². The molecule has 0 spiro atoms. The number of H-pyrrole nitrogens is 1. The summed E-state index contributed by atoms with van der Waals surface area (Å²) in [5.74, 6) is 0.570.